The average Bonchev–Trinajstić information content (AvgIpc) is 2.69. The van der Waals surface area contributed by atoms with Gasteiger partial charge in [-0.2, -0.15) is 0 Å². The molecule has 0 radical (unpaired) electrons. The van der Waals surface area contributed by atoms with Gasteiger partial charge >= 0.3 is 0 Å². The second-order valence-corrected chi connectivity index (χ2v) is 3.58. The van der Waals surface area contributed by atoms with Gasteiger partial charge in [0.2, 0.25) is 0 Å². The van der Waals surface area contributed by atoms with Crippen molar-refractivity contribution in [3.05, 3.63) is 16.6 Å². The average molecular weight is 209 g/mol. The van der Waals surface area contributed by atoms with Gasteiger partial charge < -0.3 is 10.6 Å². The van der Waals surface area contributed by atoms with Crippen LogP contribution in [0.3, 0.4) is 0 Å². The summed E-state index contributed by atoms with van der Waals surface area (Å²) in [5, 5.41) is 8.51. The highest BCUT2D eigenvalue weighted by atomic mass is 32.1. The fourth-order valence-corrected chi connectivity index (χ4v) is 1.63. The molecule has 1 rings (SSSR count). The van der Waals surface area contributed by atoms with E-state index in [0.29, 0.717) is 6.54 Å². The van der Waals surface area contributed by atoms with Gasteiger partial charge in [0.1, 0.15) is 0 Å². The van der Waals surface area contributed by atoms with E-state index in [4.69, 9.17) is 6.42 Å². The minimum Gasteiger partial charge on any atom is -0.315 e. The van der Waals surface area contributed by atoms with Crippen LogP contribution in [-0.2, 0) is 6.42 Å². The Labute approximate surface area is 88.9 Å². The minimum atomic E-state index is 0.647. The van der Waals surface area contributed by atoms with E-state index >= 15 is 0 Å². The zero-order valence-electron chi connectivity index (χ0n) is 8.12. The van der Waals surface area contributed by atoms with Crippen molar-refractivity contribution in [2.45, 2.75) is 6.42 Å². The van der Waals surface area contributed by atoms with E-state index in [0.717, 1.165) is 26.1 Å². The van der Waals surface area contributed by atoms with Gasteiger partial charge in [-0.15, -0.1) is 17.8 Å². The Balaban J connectivity index is 1.88. The molecule has 0 unspecified atom stereocenters. The maximum Gasteiger partial charge on any atom is 0.0794 e. The van der Waals surface area contributed by atoms with Crippen LogP contribution in [0.15, 0.2) is 10.9 Å². The number of terminal acetylenes is 1. The third-order valence-electron chi connectivity index (χ3n) is 1.75. The molecule has 0 aliphatic rings. The first kappa shape index (κ1) is 11.2. The van der Waals surface area contributed by atoms with Gasteiger partial charge in [0.05, 0.1) is 17.7 Å². The first-order chi connectivity index (χ1) is 6.93. The lowest BCUT2D eigenvalue weighted by Gasteiger charge is -2.03. The number of nitrogens with one attached hydrogen (secondary N) is 2. The lowest BCUT2D eigenvalue weighted by molar-refractivity contribution is 0.634. The maximum atomic E-state index is 5.09. The van der Waals surface area contributed by atoms with Crippen LogP contribution in [0, 0.1) is 12.3 Å². The zero-order valence-corrected chi connectivity index (χ0v) is 8.94. The quantitative estimate of drug-likeness (QED) is 0.507. The summed E-state index contributed by atoms with van der Waals surface area (Å²) in [6, 6.07) is 0. The van der Waals surface area contributed by atoms with Crippen molar-refractivity contribution in [2.75, 3.05) is 26.2 Å². The van der Waals surface area contributed by atoms with Crippen molar-refractivity contribution in [1.82, 2.24) is 15.6 Å². The third kappa shape index (κ3) is 4.97. The maximum absolute atomic E-state index is 5.09. The standard InChI is InChI=1S/C10H15N3S/c1-2-4-11-6-7-12-5-3-10-8-14-9-13-10/h1,8-9,11-12H,3-7H2. The molecule has 76 valence electrons. The number of hydrogen-bond donors (Lipinski definition) is 2. The highest BCUT2D eigenvalue weighted by Crippen LogP contribution is 2.00. The van der Waals surface area contributed by atoms with Crippen LogP contribution in [0.5, 0.6) is 0 Å². The minimum absolute atomic E-state index is 0.647. The van der Waals surface area contributed by atoms with Crippen molar-refractivity contribution < 1.29 is 0 Å². The molecule has 0 atom stereocenters. The topological polar surface area (TPSA) is 37.0 Å². The van der Waals surface area contributed by atoms with Crippen molar-refractivity contribution >= 4 is 11.3 Å². The van der Waals surface area contributed by atoms with Crippen LogP contribution >= 0.6 is 11.3 Å². The lowest BCUT2D eigenvalue weighted by atomic mass is 10.3. The Kier molecular flexibility index (Phi) is 6.00. The molecule has 0 bridgehead atoms. The number of rotatable bonds is 7. The predicted molar refractivity (Wildman–Crippen MR) is 60.4 cm³/mol. The fraction of sp³-hybridized carbons (Fsp3) is 0.500. The van der Waals surface area contributed by atoms with Gasteiger partial charge in [-0.25, -0.2) is 4.98 Å². The SMILES string of the molecule is C#CCNCCNCCc1cscn1. The van der Waals surface area contributed by atoms with E-state index in [1.54, 1.807) is 11.3 Å². The Morgan fingerprint density at radius 3 is 2.93 bits per heavy atom. The number of nitrogens with zero attached hydrogens (tertiary/aromatic N) is 1. The van der Waals surface area contributed by atoms with E-state index in [-0.39, 0.29) is 0 Å². The molecule has 0 amide bonds. The van der Waals surface area contributed by atoms with E-state index < -0.39 is 0 Å². The Morgan fingerprint density at radius 2 is 2.21 bits per heavy atom. The van der Waals surface area contributed by atoms with Crippen LogP contribution in [0.1, 0.15) is 5.69 Å². The molecule has 1 heterocycles. The normalized spacial score (nSPS) is 9.93. The largest absolute Gasteiger partial charge is 0.315 e. The number of thiazole rings is 1. The summed E-state index contributed by atoms with van der Waals surface area (Å²) >= 11 is 1.64. The summed E-state index contributed by atoms with van der Waals surface area (Å²) in [6.07, 6.45) is 6.09. The van der Waals surface area contributed by atoms with Gasteiger partial charge in [-0.1, -0.05) is 5.92 Å². The number of aromatic nitrogens is 1. The van der Waals surface area contributed by atoms with Crippen LogP contribution in [-0.4, -0.2) is 31.2 Å². The fourth-order valence-electron chi connectivity index (χ4n) is 1.04. The van der Waals surface area contributed by atoms with E-state index in [1.807, 2.05) is 5.51 Å². The molecule has 0 aliphatic carbocycles. The summed E-state index contributed by atoms with van der Waals surface area (Å²) in [7, 11) is 0. The van der Waals surface area contributed by atoms with Crippen LogP contribution in [0.25, 0.3) is 0 Å². The molecule has 0 spiro atoms. The second kappa shape index (κ2) is 7.51. The van der Waals surface area contributed by atoms with Gasteiger partial charge in [0, 0.05) is 31.4 Å². The molecule has 1 aromatic heterocycles. The Bertz CT molecular complexity index is 263. The molecule has 0 saturated heterocycles. The molecule has 1 aromatic rings. The summed E-state index contributed by atoms with van der Waals surface area (Å²) in [6.45, 7) is 3.49. The predicted octanol–water partition coefficient (Wildman–Crippen LogP) is 0.498. The van der Waals surface area contributed by atoms with Crippen molar-refractivity contribution in [1.29, 1.82) is 0 Å². The summed E-state index contributed by atoms with van der Waals surface area (Å²) in [5.41, 5.74) is 3.03. The van der Waals surface area contributed by atoms with E-state index in [2.05, 4.69) is 26.9 Å². The first-order valence-corrected chi connectivity index (χ1v) is 5.59. The molecule has 3 nitrogen and oxygen atoms in total. The molecule has 14 heavy (non-hydrogen) atoms. The molecule has 0 saturated carbocycles. The van der Waals surface area contributed by atoms with Crippen LogP contribution in [0.2, 0.25) is 0 Å². The Hall–Kier alpha value is -0.890. The highest BCUT2D eigenvalue weighted by molar-refractivity contribution is 7.07. The Morgan fingerprint density at radius 1 is 1.36 bits per heavy atom. The molecular weight excluding hydrogens is 194 g/mol. The molecular formula is C10H15N3S. The molecule has 0 aliphatic heterocycles. The summed E-state index contributed by atoms with van der Waals surface area (Å²) < 4.78 is 0. The van der Waals surface area contributed by atoms with Gasteiger partial charge in [0.15, 0.2) is 0 Å². The summed E-state index contributed by atoms with van der Waals surface area (Å²) in [4.78, 5) is 4.20. The smallest absolute Gasteiger partial charge is 0.0794 e. The number of hydrogen-bond acceptors (Lipinski definition) is 4. The molecule has 4 heteroatoms. The van der Waals surface area contributed by atoms with Crippen LogP contribution < -0.4 is 10.6 Å². The van der Waals surface area contributed by atoms with E-state index in [9.17, 15) is 0 Å². The third-order valence-corrected chi connectivity index (χ3v) is 2.38. The van der Waals surface area contributed by atoms with E-state index in [1.165, 1.54) is 5.69 Å². The molecule has 0 fully saturated rings. The zero-order chi connectivity index (χ0) is 10.1. The second-order valence-electron chi connectivity index (χ2n) is 2.86. The van der Waals surface area contributed by atoms with Crippen molar-refractivity contribution in [3.63, 3.8) is 0 Å². The first-order valence-electron chi connectivity index (χ1n) is 4.65. The summed E-state index contributed by atoms with van der Waals surface area (Å²) in [5.74, 6) is 2.53. The lowest BCUT2D eigenvalue weighted by Crippen LogP contribution is -2.28. The monoisotopic (exact) mass is 209 g/mol. The van der Waals surface area contributed by atoms with Gasteiger partial charge in [-0.05, 0) is 0 Å². The van der Waals surface area contributed by atoms with Crippen molar-refractivity contribution in [3.8, 4) is 12.3 Å². The molecule has 2 N–H and O–H groups in total. The molecule has 0 aromatic carbocycles. The highest BCUT2D eigenvalue weighted by Gasteiger charge is 1.93. The van der Waals surface area contributed by atoms with Gasteiger partial charge in [0.25, 0.3) is 0 Å². The van der Waals surface area contributed by atoms with Crippen molar-refractivity contribution in [2.24, 2.45) is 0 Å². The van der Waals surface area contributed by atoms with Crippen LogP contribution in [0.4, 0.5) is 0 Å². The van der Waals surface area contributed by atoms with Gasteiger partial charge in [-0.3, -0.25) is 0 Å².